The van der Waals surface area contributed by atoms with Gasteiger partial charge in [-0.3, -0.25) is 4.79 Å². The highest BCUT2D eigenvalue weighted by molar-refractivity contribution is 5.78. The lowest BCUT2D eigenvalue weighted by Crippen LogP contribution is -2.34. The van der Waals surface area contributed by atoms with Gasteiger partial charge in [0, 0.05) is 19.0 Å². The molecule has 1 amide bonds. The van der Waals surface area contributed by atoms with E-state index in [4.69, 9.17) is 9.47 Å². The zero-order valence-electron chi connectivity index (χ0n) is 12.8. The Morgan fingerprint density at radius 1 is 1.21 bits per heavy atom. The zero-order valence-corrected chi connectivity index (χ0v) is 12.8. The second-order valence-electron chi connectivity index (χ2n) is 5.41. The van der Waals surface area contributed by atoms with E-state index < -0.39 is 5.95 Å². The molecular weight excluding hydrogens is 318 g/mol. The van der Waals surface area contributed by atoms with E-state index in [1.807, 2.05) is 0 Å². The molecule has 0 aliphatic carbocycles. The number of hydrogen-bond donors (Lipinski definition) is 0. The molecule has 7 heteroatoms. The Balaban J connectivity index is 1.48. The molecule has 1 aliphatic rings. The van der Waals surface area contributed by atoms with Crippen LogP contribution in [0.25, 0.3) is 0 Å². The summed E-state index contributed by atoms with van der Waals surface area (Å²) in [4.78, 5) is 17.4. The van der Waals surface area contributed by atoms with Crippen molar-refractivity contribution in [3.63, 3.8) is 0 Å². The molecule has 1 aromatic heterocycles. The van der Waals surface area contributed by atoms with E-state index in [1.54, 1.807) is 11.0 Å². The number of aromatic nitrogens is 1. The van der Waals surface area contributed by atoms with Crippen LogP contribution in [0.4, 0.5) is 8.78 Å². The zero-order chi connectivity index (χ0) is 16.9. The maximum Gasteiger partial charge on any atom is 0.260 e. The topological polar surface area (TPSA) is 51.7 Å². The third kappa shape index (κ3) is 4.18. The summed E-state index contributed by atoms with van der Waals surface area (Å²) >= 11 is 0. The molecule has 1 saturated heterocycles. The van der Waals surface area contributed by atoms with E-state index >= 15 is 0 Å². The van der Waals surface area contributed by atoms with Crippen molar-refractivity contribution in [3.05, 3.63) is 54.2 Å². The summed E-state index contributed by atoms with van der Waals surface area (Å²) in [5.41, 5.74) is 0. The van der Waals surface area contributed by atoms with Crippen LogP contribution >= 0.6 is 0 Å². The van der Waals surface area contributed by atoms with Crippen molar-refractivity contribution < 1.29 is 23.0 Å². The molecule has 2 aromatic rings. The molecule has 24 heavy (non-hydrogen) atoms. The van der Waals surface area contributed by atoms with Crippen LogP contribution < -0.4 is 9.47 Å². The number of amides is 1. The third-order valence-electron chi connectivity index (χ3n) is 3.65. The number of benzene rings is 1. The fourth-order valence-corrected chi connectivity index (χ4v) is 2.44. The van der Waals surface area contributed by atoms with Gasteiger partial charge in [0.05, 0.1) is 6.54 Å². The first-order chi connectivity index (χ1) is 11.6. The number of carbonyl (C=O) groups is 1. The molecule has 2 heterocycles. The van der Waals surface area contributed by atoms with Gasteiger partial charge in [-0.05, 0) is 30.3 Å². The largest absolute Gasteiger partial charge is 0.484 e. The Morgan fingerprint density at radius 3 is 2.75 bits per heavy atom. The normalized spacial score (nSPS) is 16.9. The predicted octanol–water partition coefficient (Wildman–Crippen LogP) is 2.42. The summed E-state index contributed by atoms with van der Waals surface area (Å²) in [7, 11) is 0. The van der Waals surface area contributed by atoms with Crippen molar-refractivity contribution in [1.82, 2.24) is 9.88 Å². The van der Waals surface area contributed by atoms with Crippen LogP contribution in [-0.4, -0.2) is 41.6 Å². The molecule has 1 atom stereocenters. The van der Waals surface area contributed by atoms with Gasteiger partial charge in [-0.15, -0.1) is 0 Å². The number of ether oxygens (including phenoxy) is 2. The first kappa shape index (κ1) is 16.2. The number of rotatable bonds is 5. The minimum atomic E-state index is -0.605. The van der Waals surface area contributed by atoms with Gasteiger partial charge in [-0.25, -0.2) is 4.39 Å². The maximum absolute atomic E-state index is 13.0. The van der Waals surface area contributed by atoms with Crippen LogP contribution in [0, 0.1) is 11.8 Å². The minimum absolute atomic E-state index is 0.128. The van der Waals surface area contributed by atoms with E-state index in [2.05, 4.69) is 4.98 Å². The molecule has 1 aliphatic heterocycles. The van der Waals surface area contributed by atoms with Crippen molar-refractivity contribution >= 4 is 5.91 Å². The third-order valence-corrected chi connectivity index (χ3v) is 3.65. The van der Waals surface area contributed by atoms with Gasteiger partial charge < -0.3 is 14.4 Å². The highest BCUT2D eigenvalue weighted by Crippen LogP contribution is 2.17. The lowest BCUT2D eigenvalue weighted by Gasteiger charge is -2.17. The van der Waals surface area contributed by atoms with E-state index in [1.165, 1.54) is 36.4 Å². The Bertz CT molecular complexity index is 709. The first-order valence-electron chi connectivity index (χ1n) is 7.55. The molecule has 0 spiro atoms. The number of likely N-dealkylation sites (tertiary alicyclic amines) is 1. The predicted molar refractivity (Wildman–Crippen MR) is 81.7 cm³/mol. The number of hydrogen-bond acceptors (Lipinski definition) is 4. The molecular formula is C17H16F2N2O3. The lowest BCUT2D eigenvalue weighted by molar-refractivity contribution is -0.132. The van der Waals surface area contributed by atoms with Crippen molar-refractivity contribution in [2.75, 3.05) is 19.7 Å². The number of pyridine rings is 1. The van der Waals surface area contributed by atoms with E-state index in [-0.39, 0.29) is 30.3 Å². The van der Waals surface area contributed by atoms with Gasteiger partial charge >= 0.3 is 0 Å². The Hall–Kier alpha value is -2.70. The van der Waals surface area contributed by atoms with Crippen LogP contribution in [0.5, 0.6) is 11.6 Å². The van der Waals surface area contributed by atoms with Gasteiger partial charge in [-0.2, -0.15) is 9.37 Å². The monoisotopic (exact) mass is 334 g/mol. The smallest absolute Gasteiger partial charge is 0.260 e. The quantitative estimate of drug-likeness (QED) is 0.788. The van der Waals surface area contributed by atoms with E-state index in [0.29, 0.717) is 25.3 Å². The fourth-order valence-electron chi connectivity index (χ4n) is 2.44. The summed E-state index contributed by atoms with van der Waals surface area (Å²) < 4.78 is 36.8. The number of carbonyl (C=O) groups excluding carboxylic acids is 1. The standard InChI is InChI=1S/C17H16F2N2O3/c18-12-4-6-13(7-5-12)23-11-17(22)21-9-8-14(10-21)24-16-3-1-2-15(19)20-16/h1-7,14H,8-11H2. The summed E-state index contributed by atoms with van der Waals surface area (Å²) in [6.07, 6.45) is 0.412. The van der Waals surface area contributed by atoms with Crippen molar-refractivity contribution in [1.29, 1.82) is 0 Å². The fraction of sp³-hybridized carbons (Fsp3) is 0.294. The molecule has 1 fully saturated rings. The van der Waals surface area contributed by atoms with Crippen LogP contribution in [0.15, 0.2) is 42.5 Å². The van der Waals surface area contributed by atoms with Crippen molar-refractivity contribution in [2.24, 2.45) is 0 Å². The highest BCUT2D eigenvalue weighted by Gasteiger charge is 2.28. The second kappa shape index (κ2) is 7.25. The summed E-state index contributed by atoms with van der Waals surface area (Å²) in [5, 5.41) is 0. The first-order valence-corrected chi connectivity index (χ1v) is 7.55. The summed E-state index contributed by atoms with van der Waals surface area (Å²) in [5.74, 6) is -0.513. The maximum atomic E-state index is 13.0. The average molecular weight is 334 g/mol. The second-order valence-corrected chi connectivity index (χ2v) is 5.41. The lowest BCUT2D eigenvalue weighted by atomic mass is 10.3. The minimum Gasteiger partial charge on any atom is -0.484 e. The van der Waals surface area contributed by atoms with Gasteiger partial charge in [0.2, 0.25) is 11.8 Å². The molecule has 1 aromatic carbocycles. The van der Waals surface area contributed by atoms with Gasteiger partial charge in [-0.1, -0.05) is 6.07 Å². The van der Waals surface area contributed by atoms with Crippen molar-refractivity contribution in [3.8, 4) is 11.6 Å². The molecule has 5 nitrogen and oxygen atoms in total. The molecule has 1 unspecified atom stereocenters. The molecule has 3 rings (SSSR count). The highest BCUT2D eigenvalue weighted by atomic mass is 19.1. The molecule has 0 saturated carbocycles. The average Bonchev–Trinajstić information content (AvgIpc) is 3.03. The van der Waals surface area contributed by atoms with Crippen molar-refractivity contribution in [2.45, 2.75) is 12.5 Å². The van der Waals surface area contributed by atoms with Crippen LogP contribution in [0.1, 0.15) is 6.42 Å². The Labute approximate surface area is 137 Å². The van der Waals surface area contributed by atoms with Crippen LogP contribution in [0.3, 0.4) is 0 Å². The SMILES string of the molecule is O=C(COc1ccc(F)cc1)N1CCC(Oc2cccc(F)n2)C1. The Morgan fingerprint density at radius 2 is 2.00 bits per heavy atom. The van der Waals surface area contributed by atoms with Crippen LogP contribution in [-0.2, 0) is 4.79 Å². The van der Waals surface area contributed by atoms with Crippen LogP contribution in [0.2, 0.25) is 0 Å². The van der Waals surface area contributed by atoms with E-state index in [0.717, 1.165) is 0 Å². The number of nitrogens with zero attached hydrogens (tertiary/aromatic N) is 2. The Kier molecular flexibility index (Phi) is 4.88. The van der Waals surface area contributed by atoms with E-state index in [9.17, 15) is 13.6 Å². The molecule has 0 bridgehead atoms. The molecule has 0 N–H and O–H groups in total. The summed E-state index contributed by atoms with van der Waals surface area (Å²) in [6.45, 7) is 0.798. The molecule has 126 valence electrons. The molecule has 0 radical (unpaired) electrons. The van der Waals surface area contributed by atoms with Gasteiger partial charge in [0.1, 0.15) is 17.7 Å². The van der Waals surface area contributed by atoms with Gasteiger partial charge in [0.25, 0.3) is 5.91 Å². The summed E-state index contributed by atoms with van der Waals surface area (Å²) in [6, 6.07) is 9.81. The number of halogens is 2. The van der Waals surface area contributed by atoms with Gasteiger partial charge in [0.15, 0.2) is 6.61 Å².